The van der Waals surface area contributed by atoms with Crippen molar-refractivity contribution in [2.24, 2.45) is 11.3 Å². The third kappa shape index (κ3) is 2.34. The van der Waals surface area contributed by atoms with Gasteiger partial charge in [-0.25, -0.2) is 0 Å². The van der Waals surface area contributed by atoms with Gasteiger partial charge >= 0.3 is 0 Å². The molecule has 0 N–H and O–H groups in total. The highest BCUT2D eigenvalue weighted by atomic mass is 16.6. The fraction of sp³-hybridized carbons (Fsp3) is 0.625. The molecular formula is C16H22N2O3. The molecule has 5 nitrogen and oxygen atoms in total. The predicted molar refractivity (Wildman–Crippen MR) is 80.0 cm³/mol. The van der Waals surface area contributed by atoms with Gasteiger partial charge in [0, 0.05) is 42.7 Å². The van der Waals surface area contributed by atoms with Gasteiger partial charge < -0.3 is 4.74 Å². The summed E-state index contributed by atoms with van der Waals surface area (Å²) in [5, 5.41) is 10.9. The molecule has 1 saturated carbocycles. The molecule has 0 bridgehead atoms. The molecule has 1 saturated heterocycles. The van der Waals surface area contributed by atoms with E-state index in [0.29, 0.717) is 18.1 Å². The molecule has 1 heterocycles. The van der Waals surface area contributed by atoms with Crippen LogP contribution < -0.4 is 0 Å². The van der Waals surface area contributed by atoms with E-state index in [9.17, 15) is 10.1 Å². The number of benzene rings is 1. The number of fused-ring (bicyclic) bond motifs is 1. The second-order valence-electron chi connectivity index (χ2n) is 6.85. The Kier molecular flexibility index (Phi) is 3.50. The molecule has 0 amide bonds. The van der Waals surface area contributed by atoms with Crippen LogP contribution in [0.2, 0.25) is 0 Å². The van der Waals surface area contributed by atoms with Crippen LogP contribution in [0.1, 0.15) is 25.8 Å². The summed E-state index contributed by atoms with van der Waals surface area (Å²) in [7, 11) is 2.11. The molecule has 3 atom stereocenters. The van der Waals surface area contributed by atoms with Gasteiger partial charge in [0.25, 0.3) is 5.69 Å². The average molecular weight is 290 g/mol. The van der Waals surface area contributed by atoms with Crippen LogP contribution in [0.3, 0.4) is 0 Å². The molecule has 114 valence electrons. The Hall–Kier alpha value is -1.46. The van der Waals surface area contributed by atoms with Crippen LogP contribution in [-0.2, 0) is 11.3 Å². The lowest BCUT2D eigenvalue weighted by Crippen LogP contribution is -2.65. The number of non-ortho nitro benzene ring substituents is 1. The third-order valence-electron chi connectivity index (χ3n) is 5.07. The Balaban J connectivity index is 1.73. The molecule has 21 heavy (non-hydrogen) atoms. The van der Waals surface area contributed by atoms with Gasteiger partial charge in [0.1, 0.15) is 0 Å². The Bertz CT molecular complexity index is 558. The van der Waals surface area contributed by atoms with Crippen LogP contribution in [-0.4, -0.2) is 35.6 Å². The van der Waals surface area contributed by atoms with Crippen molar-refractivity contribution >= 4 is 5.69 Å². The van der Waals surface area contributed by atoms with Gasteiger partial charge in [-0.1, -0.05) is 26.0 Å². The summed E-state index contributed by atoms with van der Waals surface area (Å²) in [6.07, 6.45) is 1.49. The summed E-state index contributed by atoms with van der Waals surface area (Å²) in [6, 6.07) is 7.40. The van der Waals surface area contributed by atoms with Crippen LogP contribution in [0.5, 0.6) is 0 Å². The topological polar surface area (TPSA) is 55.6 Å². The number of hydrogen-bond acceptors (Lipinski definition) is 4. The summed E-state index contributed by atoms with van der Waals surface area (Å²) >= 11 is 0. The zero-order chi connectivity index (χ0) is 15.2. The summed E-state index contributed by atoms with van der Waals surface area (Å²) in [6.45, 7) is 6.11. The summed E-state index contributed by atoms with van der Waals surface area (Å²) in [5.41, 5.74) is 1.30. The molecule has 0 spiro atoms. The smallest absolute Gasteiger partial charge is 0.269 e. The summed E-state index contributed by atoms with van der Waals surface area (Å²) in [5.74, 6) is 0.601. The number of nitrogens with zero attached hydrogens (tertiary/aromatic N) is 2. The number of rotatable bonds is 4. The lowest BCUT2D eigenvalue weighted by Gasteiger charge is -2.58. The number of nitro benzene ring substituents is 1. The third-order valence-corrected chi connectivity index (χ3v) is 5.07. The molecule has 3 rings (SSSR count). The predicted octanol–water partition coefficient (Wildman–Crippen LogP) is 2.84. The van der Waals surface area contributed by atoms with Crippen molar-refractivity contribution in [1.29, 1.82) is 0 Å². The van der Waals surface area contributed by atoms with Gasteiger partial charge in [-0.2, -0.15) is 0 Å². The fourth-order valence-electron chi connectivity index (χ4n) is 4.35. The van der Waals surface area contributed by atoms with Crippen LogP contribution in [0, 0.1) is 21.4 Å². The highest BCUT2D eigenvalue weighted by Crippen LogP contribution is 2.54. The van der Waals surface area contributed by atoms with E-state index < -0.39 is 0 Å². The molecule has 1 aliphatic carbocycles. The van der Waals surface area contributed by atoms with Crippen LogP contribution in [0.25, 0.3) is 0 Å². The summed E-state index contributed by atoms with van der Waals surface area (Å²) < 4.78 is 5.83. The number of ether oxygens (including phenoxy) is 1. The Labute approximate surface area is 125 Å². The second-order valence-corrected chi connectivity index (χ2v) is 6.85. The van der Waals surface area contributed by atoms with Crippen molar-refractivity contribution < 1.29 is 9.66 Å². The maximum Gasteiger partial charge on any atom is 0.269 e. The van der Waals surface area contributed by atoms with Gasteiger partial charge in [-0.05, 0) is 19.0 Å². The highest BCUT2D eigenvalue weighted by molar-refractivity contribution is 5.34. The summed E-state index contributed by atoms with van der Waals surface area (Å²) in [4.78, 5) is 12.9. The molecule has 2 fully saturated rings. The van der Waals surface area contributed by atoms with Crippen molar-refractivity contribution in [3.05, 3.63) is 39.9 Å². The maximum atomic E-state index is 10.9. The molecule has 2 aliphatic rings. The largest absolute Gasteiger partial charge is 0.377 e. The zero-order valence-electron chi connectivity index (χ0n) is 12.8. The molecule has 0 unspecified atom stereocenters. The van der Waals surface area contributed by atoms with E-state index in [1.54, 1.807) is 12.1 Å². The number of nitro groups is 1. The van der Waals surface area contributed by atoms with E-state index in [0.717, 1.165) is 25.1 Å². The lowest BCUT2D eigenvalue weighted by molar-refractivity contribution is -0.384. The Morgan fingerprint density at radius 2 is 2.24 bits per heavy atom. The van der Waals surface area contributed by atoms with E-state index in [2.05, 4.69) is 25.8 Å². The number of hydrogen-bond donors (Lipinski definition) is 0. The zero-order valence-corrected chi connectivity index (χ0v) is 12.8. The maximum absolute atomic E-state index is 10.9. The van der Waals surface area contributed by atoms with Crippen LogP contribution in [0.15, 0.2) is 24.3 Å². The van der Waals surface area contributed by atoms with Crippen molar-refractivity contribution in [2.75, 3.05) is 13.7 Å². The Morgan fingerprint density at radius 3 is 2.95 bits per heavy atom. The van der Waals surface area contributed by atoms with Crippen molar-refractivity contribution in [3.63, 3.8) is 0 Å². The minimum absolute atomic E-state index is 0.149. The van der Waals surface area contributed by atoms with E-state index in [1.165, 1.54) is 6.07 Å². The van der Waals surface area contributed by atoms with Gasteiger partial charge in [-0.15, -0.1) is 0 Å². The van der Waals surface area contributed by atoms with E-state index >= 15 is 0 Å². The average Bonchev–Trinajstić information content (AvgIpc) is 2.84. The minimum atomic E-state index is -0.336. The molecule has 1 aromatic carbocycles. The molecule has 0 radical (unpaired) electrons. The van der Waals surface area contributed by atoms with E-state index in [-0.39, 0.29) is 16.0 Å². The molecule has 0 aromatic heterocycles. The molecular weight excluding hydrogens is 268 g/mol. The van der Waals surface area contributed by atoms with E-state index in [4.69, 9.17) is 4.74 Å². The monoisotopic (exact) mass is 290 g/mol. The Morgan fingerprint density at radius 1 is 1.48 bits per heavy atom. The molecule has 1 aliphatic heterocycles. The van der Waals surface area contributed by atoms with Gasteiger partial charge in [0.05, 0.1) is 11.0 Å². The lowest BCUT2D eigenvalue weighted by atomic mass is 9.57. The standard InChI is InChI=1S/C16H22N2O3/c1-16(2)14(13-7-8-21-15(13)16)17(3)10-11-5-4-6-12(9-11)18(19)20/h4-6,9,13-15H,7-8,10H2,1-3H3/t13-,14-,15-/m1/s1. The van der Waals surface area contributed by atoms with Crippen molar-refractivity contribution in [1.82, 2.24) is 4.90 Å². The van der Waals surface area contributed by atoms with Gasteiger partial charge in [0.15, 0.2) is 0 Å². The SMILES string of the molecule is CN(Cc1cccc([N+](=O)[O-])c1)[C@@H]1[C@H]2CCO[C@H]2C1(C)C. The normalized spacial score (nSPS) is 30.0. The fourth-order valence-corrected chi connectivity index (χ4v) is 4.35. The van der Waals surface area contributed by atoms with Crippen LogP contribution in [0.4, 0.5) is 5.69 Å². The van der Waals surface area contributed by atoms with Crippen molar-refractivity contribution in [3.8, 4) is 0 Å². The highest BCUT2D eigenvalue weighted by Gasteiger charge is 2.60. The second kappa shape index (κ2) is 5.07. The first-order valence-corrected chi connectivity index (χ1v) is 7.46. The van der Waals surface area contributed by atoms with Gasteiger partial charge in [-0.3, -0.25) is 15.0 Å². The van der Waals surface area contributed by atoms with Gasteiger partial charge in [0.2, 0.25) is 0 Å². The molecule has 5 heteroatoms. The van der Waals surface area contributed by atoms with Crippen molar-refractivity contribution in [2.45, 2.75) is 39.0 Å². The molecule has 1 aromatic rings. The van der Waals surface area contributed by atoms with Crippen LogP contribution >= 0.6 is 0 Å². The van der Waals surface area contributed by atoms with E-state index in [1.807, 2.05) is 6.07 Å². The first kappa shape index (κ1) is 14.5. The first-order chi connectivity index (χ1) is 9.91. The quantitative estimate of drug-likeness (QED) is 0.632. The minimum Gasteiger partial charge on any atom is -0.377 e. The first-order valence-electron chi connectivity index (χ1n) is 7.46.